The van der Waals surface area contributed by atoms with E-state index in [0.717, 1.165) is 77.1 Å². The summed E-state index contributed by atoms with van der Waals surface area (Å²) in [6, 6.07) is 18.2. The minimum Gasteiger partial charge on any atom is -0.379 e. The summed E-state index contributed by atoms with van der Waals surface area (Å²) in [5.41, 5.74) is 3.42. The van der Waals surface area contributed by atoms with E-state index in [1.807, 2.05) is 55.1 Å². The van der Waals surface area contributed by atoms with E-state index in [1.165, 1.54) is 0 Å². The summed E-state index contributed by atoms with van der Waals surface area (Å²) in [7, 11) is -2.61. The number of nitro benzene ring substituents is 1. The van der Waals surface area contributed by atoms with Crippen molar-refractivity contribution in [2.24, 2.45) is 13.0 Å². The molecule has 0 saturated carbocycles. The van der Waals surface area contributed by atoms with Crippen LogP contribution >= 0.6 is 11.8 Å². The number of ether oxygens (including phenoxy) is 1. The molecular formula is C55H65N12O12S2+. The third-order valence-electron chi connectivity index (χ3n) is 15.1. The number of imide groups is 1. The highest BCUT2D eigenvalue weighted by Gasteiger charge is 2.44. The zero-order valence-corrected chi connectivity index (χ0v) is 47.2. The number of hydrogen-bond acceptors (Lipinski definition) is 17. The fourth-order valence-corrected chi connectivity index (χ4v) is 12.9. The van der Waals surface area contributed by atoms with Crippen LogP contribution in [0.4, 0.5) is 23.0 Å². The summed E-state index contributed by atoms with van der Waals surface area (Å²) in [5, 5.41) is 29.6. The Kier molecular flexibility index (Phi) is 17.5. The van der Waals surface area contributed by atoms with Gasteiger partial charge in [-0.1, -0.05) is 19.1 Å². The number of nitro groups is 1. The van der Waals surface area contributed by atoms with Crippen LogP contribution in [0, 0.1) is 16.0 Å². The number of piperidine rings is 1. The Balaban J connectivity index is 0.831. The molecule has 5 amide bonds. The average Bonchev–Trinajstić information content (AvgIpc) is 4.32. The van der Waals surface area contributed by atoms with Crippen LogP contribution < -0.4 is 25.6 Å². The number of rotatable bonds is 24. The van der Waals surface area contributed by atoms with Crippen molar-refractivity contribution < 1.29 is 56.2 Å². The number of nitrogens with one attached hydrogen (secondary N) is 4. The molecule has 4 N–H and O–H groups in total. The molecule has 2 atom stereocenters. The van der Waals surface area contributed by atoms with Crippen LogP contribution in [0.5, 0.6) is 0 Å². The van der Waals surface area contributed by atoms with Gasteiger partial charge >= 0.3 is 5.97 Å². The van der Waals surface area contributed by atoms with Crippen LogP contribution in [0.15, 0.2) is 82.8 Å². The summed E-state index contributed by atoms with van der Waals surface area (Å²) in [5.74, 6) is -0.889. The zero-order chi connectivity index (χ0) is 57.6. The number of sulfonamides is 1. The molecule has 2 aromatic heterocycles. The van der Waals surface area contributed by atoms with Crippen LogP contribution in [0.25, 0.3) is 0 Å². The third kappa shape index (κ3) is 13.2. The highest BCUT2D eigenvalue weighted by Crippen LogP contribution is 2.41. The summed E-state index contributed by atoms with van der Waals surface area (Å²) in [4.78, 5) is 98.4. The van der Waals surface area contributed by atoms with Gasteiger partial charge in [0, 0.05) is 109 Å². The summed E-state index contributed by atoms with van der Waals surface area (Å²) >= 11 is 1.61. The molecule has 26 heteroatoms. The van der Waals surface area contributed by atoms with E-state index < -0.39 is 55.1 Å². The van der Waals surface area contributed by atoms with E-state index in [1.54, 1.807) is 35.1 Å². The van der Waals surface area contributed by atoms with Crippen molar-refractivity contribution in [3.8, 4) is 0 Å². The summed E-state index contributed by atoms with van der Waals surface area (Å²) in [6.45, 7) is 9.22. The highest BCUT2D eigenvalue weighted by atomic mass is 32.2. The van der Waals surface area contributed by atoms with Crippen molar-refractivity contribution in [1.82, 2.24) is 35.4 Å². The van der Waals surface area contributed by atoms with Crippen LogP contribution in [-0.2, 0) is 77.3 Å². The van der Waals surface area contributed by atoms with Gasteiger partial charge in [-0.25, -0.2) is 18.2 Å². The second kappa shape index (κ2) is 24.5. The van der Waals surface area contributed by atoms with Crippen molar-refractivity contribution in [2.75, 3.05) is 67.1 Å². The first-order chi connectivity index (χ1) is 38.8. The van der Waals surface area contributed by atoms with Gasteiger partial charge in [-0.2, -0.15) is 0 Å². The molecule has 4 aliphatic heterocycles. The molecule has 1 unspecified atom stereocenters. The van der Waals surface area contributed by atoms with Gasteiger partial charge in [-0.15, -0.1) is 27.0 Å². The number of hydroxylamine groups is 2. The van der Waals surface area contributed by atoms with Gasteiger partial charge in [0.15, 0.2) is 4.90 Å². The number of nitrogens with zero attached hydrogens (tertiary/aromatic N) is 8. The van der Waals surface area contributed by atoms with Gasteiger partial charge in [-0.05, 0) is 92.1 Å². The first-order valence-corrected chi connectivity index (χ1v) is 29.5. The molecule has 3 saturated heterocycles. The number of anilines is 3. The van der Waals surface area contributed by atoms with Gasteiger partial charge in [-0.3, -0.25) is 43.7 Å². The van der Waals surface area contributed by atoms with Crippen LogP contribution in [-0.4, -0.2) is 130 Å². The van der Waals surface area contributed by atoms with Crippen LogP contribution in [0.2, 0.25) is 0 Å². The number of aryl methyl sites for hydroxylation is 1. The number of quaternary nitrogens is 1. The number of amides is 5. The standard InChI is InChI=1S/C55H64N12O12S2/c1-5-56-46-25-39(55(32-78-33-55)27-48-61-59-34-63(48)3)26-47(60-46)64-28-42-41(54(64)73)22-37(23-44(42)80-4)31-67(21-7-8-35(2)29-67)30-36-11-14-40(15-12-36)62-81(76,77)45-16-13-38(24-43(45)66(74)75)53(72)58-20-19-57-49(68)9-6-10-52(71)79-65-50(69)17-18-51(65)70/h11-16,22-26,34-35,62H,5-10,17-21,27-33H2,1-4H3,(H2-,56,57,58,60,68,72)/p+1/t35-,67?/m0/s1. The Morgan fingerprint density at radius 2 is 1.70 bits per heavy atom. The number of likely N-dealkylation sites (tertiary alicyclic amines) is 1. The number of carbonyl (C=O) groups excluding carboxylic acids is 6. The topological polar surface area (TPSA) is 296 Å². The number of hydrogen-bond donors (Lipinski definition) is 4. The minimum atomic E-state index is -4.53. The van der Waals surface area contributed by atoms with Gasteiger partial charge < -0.3 is 34.6 Å². The lowest BCUT2D eigenvalue weighted by atomic mass is 9.75. The van der Waals surface area contributed by atoms with Crippen LogP contribution in [0.3, 0.4) is 0 Å². The molecule has 0 radical (unpaired) electrons. The number of benzene rings is 3. The Hall–Kier alpha value is -7.81. The average molecular weight is 1150 g/mol. The monoisotopic (exact) mass is 1150 g/mol. The normalized spacial score (nSPS) is 18.5. The molecule has 0 bridgehead atoms. The molecule has 0 spiro atoms. The summed E-state index contributed by atoms with van der Waals surface area (Å²) < 4.78 is 38.4. The number of pyridine rings is 1. The lowest BCUT2D eigenvalue weighted by Gasteiger charge is -2.44. The van der Waals surface area contributed by atoms with Crippen molar-refractivity contribution in [3.05, 3.63) is 122 Å². The molecule has 4 aliphatic rings. The molecular weight excluding hydrogens is 1080 g/mol. The minimum absolute atomic E-state index is 0.0316. The number of fused-ring (bicyclic) bond motifs is 1. The second-order valence-electron chi connectivity index (χ2n) is 21.2. The molecule has 6 heterocycles. The van der Waals surface area contributed by atoms with Gasteiger partial charge in [0.2, 0.25) is 5.91 Å². The lowest BCUT2D eigenvalue weighted by molar-refractivity contribution is -0.960. The molecule has 428 valence electrons. The first-order valence-electron chi connectivity index (χ1n) is 26.8. The van der Waals surface area contributed by atoms with E-state index in [2.05, 4.69) is 43.9 Å². The number of aromatic nitrogens is 4. The predicted octanol–water partition coefficient (Wildman–Crippen LogP) is 5.31. The second-order valence-corrected chi connectivity index (χ2v) is 23.7. The molecule has 81 heavy (non-hydrogen) atoms. The quantitative estimate of drug-likeness (QED) is 0.0152. The fraction of sp³-hybridized carbons (Fsp3) is 0.436. The Bertz CT molecular complexity index is 3370. The fourth-order valence-electron chi connectivity index (χ4n) is 11.0. The van der Waals surface area contributed by atoms with Gasteiger partial charge in [0.25, 0.3) is 39.3 Å². The van der Waals surface area contributed by atoms with E-state index in [4.69, 9.17) is 14.6 Å². The Morgan fingerprint density at radius 3 is 2.37 bits per heavy atom. The van der Waals surface area contributed by atoms with E-state index in [9.17, 15) is 47.3 Å². The van der Waals surface area contributed by atoms with Crippen molar-refractivity contribution in [1.29, 1.82) is 0 Å². The SMILES string of the molecule is CCNc1cc(C2(Cc3nncn3C)COC2)cc(N2Cc3c(SC)cc(C[N+]4(Cc5ccc(NS(=O)(=O)c6ccc(C(=O)NCCNC(=O)CCCC(=O)ON7C(=O)CCC7=O)cc6[N+](=O)[O-])cc5)CCC[C@H](C)C4)cc3C2=O)n1. The maximum absolute atomic E-state index is 14.7. The maximum atomic E-state index is 14.7. The van der Waals surface area contributed by atoms with E-state index >= 15 is 0 Å². The van der Waals surface area contributed by atoms with Crippen molar-refractivity contribution in [2.45, 2.75) is 100 Å². The molecule has 3 fully saturated rings. The smallest absolute Gasteiger partial charge is 0.333 e. The predicted molar refractivity (Wildman–Crippen MR) is 297 cm³/mol. The third-order valence-corrected chi connectivity index (χ3v) is 17.3. The summed E-state index contributed by atoms with van der Waals surface area (Å²) in [6.07, 6.45) is 6.08. The van der Waals surface area contributed by atoms with Crippen molar-refractivity contribution in [3.63, 3.8) is 0 Å². The van der Waals surface area contributed by atoms with E-state index in [0.29, 0.717) is 78.5 Å². The largest absolute Gasteiger partial charge is 0.379 e. The van der Waals surface area contributed by atoms with Crippen LogP contribution in [0.1, 0.15) is 108 Å². The Morgan fingerprint density at radius 1 is 0.963 bits per heavy atom. The Labute approximate surface area is 472 Å². The number of thioether (sulfide) groups is 1. The molecule has 3 aromatic carbocycles. The lowest BCUT2D eigenvalue weighted by Crippen LogP contribution is -2.52. The van der Waals surface area contributed by atoms with Crippen molar-refractivity contribution >= 4 is 80.3 Å². The molecule has 0 aliphatic carbocycles. The van der Waals surface area contributed by atoms with Gasteiger partial charge in [0.1, 0.15) is 36.9 Å². The molecule has 9 rings (SSSR count). The highest BCUT2D eigenvalue weighted by molar-refractivity contribution is 7.98. The molecule has 24 nitrogen and oxygen atoms in total. The maximum Gasteiger partial charge on any atom is 0.333 e. The number of carbonyl (C=O) groups is 6. The van der Waals surface area contributed by atoms with Gasteiger partial charge in [0.05, 0.1) is 37.8 Å². The zero-order valence-electron chi connectivity index (χ0n) is 45.5. The first kappa shape index (κ1) is 57.9. The van der Waals surface area contributed by atoms with E-state index in [-0.39, 0.29) is 67.8 Å². The molecule has 5 aromatic rings.